The molecule has 1 N–H and O–H groups in total. The number of amides is 1. The minimum absolute atomic E-state index is 0.0795. The summed E-state index contributed by atoms with van der Waals surface area (Å²) >= 11 is 1.68. The molecule has 0 aliphatic carbocycles. The molecule has 0 saturated carbocycles. The molecule has 0 unspecified atom stereocenters. The van der Waals surface area contributed by atoms with Crippen molar-refractivity contribution in [1.29, 1.82) is 0 Å². The average molecular weight is 351 g/mol. The van der Waals surface area contributed by atoms with Gasteiger partial charge in [-0.05, 0) is 56.0 Å². The van der Waals surface area contributed by atoms with Crippen LogP contribution in [0.3, 0.4) is 0 Å². The predicted octanol–water partition coefficient (Wildman–Crippen LogP) is 4.85. The van der Waals surface area contributed by atoms with E-state index in [1.165, 1.54) is 19.3 Å². The maximum Gasteiger partial charge on any atom is 0.255 e. The molecule has 25 heavy (non-hydrogen) atoms. The van der Waals surface area contributed by atoms with Crippen LogP contribution in [0.5, 0.6) is 0 Å². The number of nitrogens with one attached hydrogen (secondary N) is 1. The molecule has 0 bridgehead atoms. The van der Waals surface area contributed by atoms with Crippen LogP contribution in [0.1, 0.15) is 35.2 Å². The van der Waals surface area contributed by atoms with E-state index in [1.807, 2.05) is 49.4 Å². The van der Waals surface area contributed by atoms with Gasteiger partial charge >= 0.3 is 0 Å². The van der Waals surface area contributed by atoms with E-state index in [-0.39, 0.29) is 5.91 Å². The van der Waals surface area contributed by atoms with Crippen molar-refractivity contribution in [1.82, 2.24) is 4.98 Å². The molecule has 1 aliphatic heterocycles. The molecule has 0 radical (unpaired) electrons. The van der Waals surface area contributed by atoms with Gasteiger partial charge in [0.25, 0.3) is 5.91 Å². The van der Waals surface area contributed by atoms with Crippen molar-refractivity contribution in [3.8, 4) is 0 Å². The van der Waals surface area contributed by atoms with E-state index in [4.69, 9.17) is 4.98 Å². The average Bonchev–Trinajstić information content (AvgIpc) is 3.07. The Hall–Kier alpha value is -2.40. The van der Waals surface area contributed by atoms with Crippen LogP contribution in [0.2, 0.25) is 0 Å². The van der Waals surface area contributed by atoms with Crippen LogP contribution in [-0.2, 0) is 0 Å². The molecule has 3 aromatic rings. The Bertz CT molecular complexity index is 912. The van der Waals surface area contributed by atoms with Gasteiger partial charge in [-0.2, -0.15) is 0 Å². The second kappa shape index (κ2) is 6.84. The van der Waals surface area contributed by atoms with E-state index in [9.17, 15) is 4.79 Å². The number of aromatic nitrogens is 1. The quantitative estimate of drug-likeness (QED) is 0.734. The topological polar surface area (TPSA) is 45.2 Å². The third kappa shape index (κ3) is 3.37. The number of fused-ring (bicyclic) bond motifs is 1. The fourth-order valence-corrected chi connectivity index (χ4v) is 4.24. The number of para-hydroxylation sites is 1. The highest BCUT2D eigenvalue weighted by molar-refractivity contribution is 7.22. The molecule has 4 rings (SSSR count). The van der Waals surface area contributed by atoms with Crippen LogP contribution in [0, 0.1) is 6.92 Å². The lowest BCUT2D eigenvalue weighted by molar-refractivity contribution is 0.102. The second-order valence-corrected chi connectivity index (χ2v) is 7.50. The molecule has 1 aliphatic rings. The monoisotopic (exact) mass is 351 g/mol. The first-order valence-electron chi connectivity index (χ1n) is 8.73. The summed E-state index contributed by atoms with van der Waals surface area (Å²) < 4.78 is 1.07. The third-order valence-electron chi connectivity index (χ3n) is 4.66. The predicted molar refractivity (Wildman–Crippen MR) is 105 cm³/mol. The zero-order valence-corrected chi connectivity index (χ0v) is 15.1. The summed E-state index contributed by atoms with van der Waals surface area (Å²) in [4.78, 5) is 19.7. The number of carbonyl (C=O) groups is 1. The Kier molecular flexibility index (Phi) is 4.40. The third-order valence-corrected chi connectivity index (χ3v) is 5.74. The second-order valence-electron chi connectivity index (χ2n) is 6.50. The molecule has 1 fully saturated rings. The van der Waals surface area contributed by atoms with Crippen LogP contribution in [-0.4, -0.2) is 24.0 Å². The summed E-state index contributed by atoms with van der Waals surface area (Å²) in [7, 11) is 0. The fraction of sp³-hybridized carbons (Fsp3) is 0.300. The van der Waals surface area contributed by atoms with Crippen molar-refractivity contribution in [2.75, 3.05) is 23.3 Å². The Labute approximate surface area is 151 Å². The zero-order chi connectivity index (χ0) is 17.2. The number of carbonyl (C=O) groups excluding carboxylic acids is 1. The van der Waals surface area contributed by atoms with Gasteiger partial charge in [0.15, 0.2) is 5.13 Å². The lowest BCUT2D eigenvalue weighted by atomic mass is 10.1. The lowest BCUT2D eigenvalue weighted by Gasteiger charge is -2.25. The van der Waals surface area contributed by atoms with Crippen molar-refractivity contribution in [2.45, 2.75) is 26.2 Å². The molecule has 1 saturated heterocycles. The van der Waals surface area contributed by atoms with E-state index in [0.717, 1.165) is 39.7 Å². The van der Waals surface area contributed by atoms with Crippen molar-refractivity contribution in [3.63, 3.8) is 0 Å². The smallest absolute Gasteiger partial charge is 0.255 e. The maximum atomic E-state index is 12.6. The van der Waals surface area contributed by atoms with Gasteiger partial charge in [0.1, 0.15) is 0 Å². The first-order chi connectivity index (χ1) is 12.2. The highest BCUT2D eigenvalue weighted by Gasteiger charge is 2.16. The zero-order valence-electron chi connectivity index (χ0n) is 14.3. The summed E-state index contributed by atoms with van der Waals surface area (Å²) in [5.74, 6) is -0.0795. The number of benzene rings is 2. The molecular formula is C20H21N3OS. The Balaban J connectivity index is 1.58. The van der Waals surface area contributed by atoms with Crippen molar-refractivity contribution in [2.24, 2.45) is 0 Å². The summed E-state index contributed by atoms with van der Waals surface area (Å²) in [6.45, 7) is 4.16. The summed E-state index contributed by atoms with van der Waals surface area (Å²) in [6.07, 6.45) is 3.78. The molecular weight excluding hydrogens is 330 g/mol. The highest BCUT2D eigenvalue weighted by atomic mass is 32.1. The van der Waals surface area contributed by atoms with E-state index in [0.29, 0.717) is 5.56 Å². The van der Waals surface area contributed by atoms with Crippen molar-refractivity contribution in [3.05, 3.63) is 53.6 Å². The number of nitrogens with zero attached hydrogens (tertiary/aromatic N) is 2. The van der Waals surface area contributed by atoms with Crippen LogP contribution in [0.4, 0.5) is 10.8 Å². The van der Waals surface area contributed by atoms with Crippen LogP contribution in [0.25, 0.3) is 10.2 Å². The molecule has 0 atom stereocenters. The minimum Gasteiger partial charge on any atom is -0.348 e. The molecule has 5 heteroatoms. The first-order valence-corrected chi connectivity index (χ1v) is 9.55. The number of hydrogen-bond acceptors (Lipinski definition) is 4. The Morgan fingerprint density at radius 3 is 2.72 bits per heavy atom. The van der Waals surface area contributed by atoms with Crippen LogP contribution >= 0.6 is 11.3 Å². The normalized spacial score (nSPS) is 14.7. The summed E-state index contributed by atoms with van der Waals surface area (Å²) in [6, 6.07) is 13.6. The van der Waals surface area contributed by atoms with Gasteiger partial charge in [0.05, 0.1) is 10.2 Å². The minimum atomic E-state index is -0.0795. The van der Waals surface area contributed by atoms with E-state index in [1.54, 1.807) is 11.3 Å². The maximum absolute atomic E-state index is 12.6. The molecule has 128 valence electrons. The van der Waals surface area contributed by atoms with Gasteiger partial charge in [-0.3, -0.25) is 4.79 Å². The SMILES string of the molecule is Cc1ccccc1NC(=O)c1ccc2nc(N3CCCCC3)sc2c1. The van der Waals surface area contributed by atoms with E-state index < -0.39 is 0 Å². The van der Waals surface area contributed by atoms with Crippen molar-refractivity contribution < 1.29 is 4.79 Å². The molecule has 0 spiro atoms. The van der Waals surface area contributed by atoms with Crippen LogP contribution in [0.15, 0.2) is 42.5 Å². The van der Waals surface area contributed by atoms with Gasteiger partial charge in [0.2, 0.25) is 0 Å². The fourth-order valence-electron chi connectivity index (χ4n) is 3.18. The summed E-state index contributed by atoms with van der Waals surface area (Å²) in [5.41, 5.74) is 3.55. The van der Waals surface area contributed by atoms with Gasteiger partial charge in [0, 0.05) is 24.3 Å². The number of rotatable bonds is 3. The standard InChI is InChI=1S/C20H21N3OS/c1-14-7-3-4-8-16(14)21-19(24)15-9-10-17-18(13-15)25-20(22-17)23-11-5-2-6-12-23/h3-4,7-10,13H,2,5-6,11-12H2,1H3,(H,21,24). The first kappa shape index (κ1) is 16.1. The van der Waals surface area contributed by atoms with Gasteiger partial charge in [-0.15, -0.1) is 0 Å². The number of piperidine rings is 1. The molecule has 1 aromatic heterocycles. The van der Waals surface area contributed by atoms with E-state index >= 15 is 0 Å². The lowest BCUT2D eigenvalue weighted by Crippen LogP contribution is -2.29. The molecule has 2 heterocycles. The Morgan fingerprint density at radius 1 is 1.12 bits per heavy atom. The number of thiazole rings is 1. The number of aryl methyl sites for hydroxylation is 1. The largest absolute Gasteiger partial charge is 0.348 e. The van der Waals surface area contributed by atoms with Gasteiger partial charge in [-0.25, -0.2) is 4.98 Å². The van der Waals surface area contributed by atoms with Gasteiger partial charge in [-0.1, -0.05) is 29.5 Å². The molecule has 2 aromatic carbocycles. The van der Waals surface area contributed by atoms with Crippen LogP contribution < -0.4 is 10.2 Å². The number of hydrogen-bond donors (Lipinski definition) is 1. The van der Waals surface area contributed by atoms with E-state index in [2.05, 4.69) is 10.2 Å². The summed E-state index contributed by atoms with van der Waals surface area (Å²) in [5, 5.41) is 4.07. The molecule has 4 nitrogen and oxygen atoms in total. The number of anilines is 2. The highest BCUT2D eigenvalue weighted by Crippen LogP contribution is 2.31. The Morgan fingerprint density at radius 2 is 1.92 bits per heavy atom. The molecule has 1 amide bonds. The van der Waals surface area contributed by atoms with Crippen molar-refractivity contribution >= 4 is 38.3 Å². The van der Waals surface area contributed by atoms with Gasteiger partial charge < -0.3 is 10.2 Å².